The number of hydrogen-bond donors (Lipinski definition) is 0. The van der Waals surface area contributed by atoms with Gasteiger partial charge in [0.15, 0.2) is 0 Å². The molecule has 0 aromatic carbocycles. The fourth-order valence-corrected chi connectivity index (χ4v) is 1.81. The second kappa shape index (κ2) is 3.37. The van der Waals surface area contributed by atoms with Crippen LogP contribution in [0.4, 0.5) is 0 Å². The molecule has 1 aliphatic heterocycles. The van der Waals surface area contributed by atoms with E-state index in [1.54, 1.807) is 0 Å². The molecule has 0 bridgehead atoms. The van der Waals surface area contributed by atoms with E-state index in [9.17, 15) is 8.42 Å². The van der Waals surface area contributed by atoms with Gasteiger partial charge in [-0.05, 0) is 13.8 Å². The molecule has 0 aliphatic carbocycles. The van der Waals surface area contributed by atoms with Crippen LogP contribution < -0.4 is 0 Å². The molecule has 12 heavy (non-hydrogen) atoms. The van der Waals surface area contributed by atoms with Crippen molar-refractivity contribution in [3.63, 3.8) is 0 Å². The van der Waals surface area contributed by atoms with Gasteiger partial charge in [-0.1, -0.05) is 0 Å². The Morgan fingerprint density at radius 2 is 2.25 bits per heavy atom. The van der Waals surface area contributed by atoms with Crippen molar-refractivity contribution in [3.8, 4) is 0 Å². The van der Waals surface area contributed by atoms with Crippen LogP contribution in [0.2, 0.25) is 0 Å². The molecule has 0 fully saturated rings. The van der Waals surface area contributed by atoms with Crippen molar-refractivity contribution in [2.45, 2.75) is 13.8 Å². The Hall–Kier alpha value is -0.680. The van der Waals surface area contributed by atoms with Crippen LogP contribution in [0.1, 0.15) is 13.8 Å². The second-order valence-electron chi connectivity index (χ2n) is 2.38. The van der Waals surface area contributed by atoms with Gasteiger partial charge in [0.05, 0.1) is 11.5 Å². The number of rotatable bonds is 3. The summed E-state index contributed by atoms with van der Waals surface area (Å²) in [5.74, 6) is 0. The van der Waals surface area contributed by atoms with Crippen LogP contribution in [0, 0.1) is 0 Å². The highest BCUT2D eigenvalue weighted by molar-refractivity contribution is 8.09. The maximum absolute atomic E-state index is 11.3. The third kappa shape index (κ3) is 1.56. The summed E-state index contributed by atoms with van der Waals surface area (Å²) in [6.07, 6.45) is 1.35. The van der Waals surface area contributed by atoms with Gasteiger partial charge in [0.1, 0.15) is 5.04 Å². The Morgan fingerprint density at radius 1 is 1.58 bits per heavy atom. The first-order valence-corrected chi connectivity index (χ1v) is 5.13. The van der Waals surface area contributed by atoms with E-state index in [1.165, 1.54) is 13.1 Å². The smallest absolute Gasteiger partial charge is 0.219 e. The predicted octanol–water partition coefficient (Wildman–Crippen LogP) is 0.711. The second-order valence-corrected chi connectivity index (χ2v) is 4.51. The lowest BCUT2D eigenvalue weighted by Crippen LogP contribution is -2.13. The van der Waals surface area contributed by atoms with Crippen molar-refractivity contribution < 1.29 is 13.2 Å². The third-order valence-electron chi connectivity index (χ3n) is 1.57. The Morgan fingerprint density at radius 3 is 2.67 bits per heavy atom. The lowest BCUT2D eigenvalue weighted by Gasteiger charge is -2.01. The van der Waals surface area contributed by atoms with E-state index in [0.717, 1.165) is 0 Å². The Bertz CT molecular complexity index is 327. The SMILES string of the molecule is CCOCC1=CN=C(C)S1(=O)=O. The third-order valence-corrected chi connectivity index (χ3v) is 3.37. The number of sulfone groups is 1. The summed E-state index contributed by atoms with van der Waals surface area (Å²) in [5, 5.41) is 0.150. The van der Waals surface area contributed by atoms with Crippen molar-refractivity contribution in [1.29, 1.82) is 0 Å². The molecule has 0 saturated carbocycles. The Kier molecular flexibility index (Phi) is 2.64. The van der Waals surface area contributed by atoms with Gasteiger partial charge in [0.25, 0.3) is 0 Å². The molecular weight excluding hydrogens is 178 g/mol. The first-order chi connectivity index (χ1) is 5.59. The van der Waals surface area contributed by atoms with Gasteiger partial charge < -0.3 is 4.74 Å². The van der Waals surface area contributed by atoms with Crippen LogP contribution >= 0.6 is 0 Å². The van der Waals surface area contributed by atoms with Crippen LogP contribution in [-0.2, 0) is 14.6 Å². The highest BCUT2D eigenvalue weighted by Crippen LogP contribution is 2.16. The number of ether oxygens (including phenoxy) is 1. The molecule has 0 radical (unpaired) electrons. The monoisotopic (exact) mass is 189 g/mol. The summed E-state index contributed by atoms with van der Waals surface area (Å²) in [4.78, 5) is 3.96. The van der Waals surface area contributed by atoms with Gasteiger partial charge in [0, 0.05) is 12.8 Å². The average Bonchev–Trinajstić information content (AvgIpc) is 2.25. The van der Waals surface area contributed by atoms with Crippen molar-refractivity contribution in [1.82, 2.24) is 0 Å². The summed E-state index contributed by atoms with van der Waals surface area (Å²) < 4.78 is 27.6. The predicted molar refractivity (Wildman–Crippen MR) is 46.6 cm³/mol. The molecule has 0 atom stereocenters. The zero-order valence-corrected chi connectivity index (χ0v) is 7.89. The van der Waals surface area contributed by atoms with E-state index in [0.29, 0.717) is 6.61 Å². The zero-order chi connectivity index (χ0) is 9.19. The van der Waals surface area contributed by atoms with E-state index >= 15 is 0 Å². The van der Waals surface area contributed by atoms with Gasteiger partial charge >= 0.3 is 0 Å². The zero-order valence-electron chi connectivity index (χ0n) is 7.07. The van der Waals surface area contributed by atoms with Crippen molar-refractivity contribution in [3.05, 3.63) is 11.1 Å². The van der Waals surface area contributed by atoms with Crippen LogP contribution in [0.3, 0.4) is 0 Å². The minimum atomic E-state index is -3.25. The summed E-state index contributed by atoms with van der Waals surface area (Å²) in [7, 11) is -3.25. The number of hydrogen-bond acceptors (Lipinski definition) is 4. The lowest BCUT2D eigenvalue weighted by atomic mass is 10.6. The van der Waals surface area contributed by atoms with Gasteiger partial charge in [-0.3, -0.25) is 0 Å². The fraction of sp³-hybridized carbons (Fsp3) is 0.571. The molecule has 0 aromatic heterocycles. The summed E-state index contributed by atoms with van der Waals surface area (Å²) >= 11 is 0. The molecule has 4 nitrogen and oxygen atoms in total. The van der Waals surface area contributed by atoms with E-state index in [4.69, 9.17) is 4.74 Å². The van der Waals surface area contributed by atoms with Gasteiger partial charge in [-0.15, -0.1) is 0 Å². The van der Waals surface area contributed by atoms with Crippen LogP contribution in [-0.4, -0.2) is 26.7 Å². The van der Waals surface area contributed by atoms with Gasteiger partial charge in [-0.2, -0.15) is 0 Å². The maximum Gasteiger partial charge on any atom is 0.219 e. The van der Waals surface area contributed by atoms with Crippen LogP contribution in [0.25, 0.3) is 0 Å². The van der Waals surface area contributed by atoms with Crippen molar-refractivity contribution in [2.24, 2.45) is 4.99 Å². The Balaban J connectivity index is 2.74. The minimum absolute atomic E-state index is 0.125. The molecule has 1 aliphatic rings. The molecule has 68 valence electrons. The molecule has 0 aromatic rings. The highest BCUT2D eigenvalue weighted by atomic mass is 32.2. The van der Waals surface area contributed by atoms with Crippen molar-refractivity contribution in [2.75, 3.05) is 13.2 Å². The molecular formula is C7H11NO3S. The largest absolute Gasteiger partial charge is 0.376 e. The molecule has 5 heteroatoms. The quantitative estimate of drug-likeness (QED) is 0.657. The molecule has 0 amide bonds. The van der Waals surface area contributed by atoms with E-state index in [-0.39, 0.29) is 16.6 Å². The fourth-order valence-electron chi connectivity index (χ4n) is 0.809. The normalized spacial score (nSPS) is 20.5. The summed E-state index contributed by atoms with van der Waals surface area (Å²) in [6, 6.07) is 0. The highest BCUT2D eigenvalue weighted by Gasteiger charge is 2.25. The average molecular weight is 189 g/mol. The topological polar surface area (TPSA) is 55.7 Å². The van der Waals surface area contributed by atoms with Crippen LogP contribution in [0.15, 0.2) is 16.1 Å². The standard InChI is InChI=1S/C7H11NO3S/c1-3-11-5-7-4-8-6(2)12(7,9)10/h4H,3,5H2,1-2H3. The minimum Gasteiger partial charge on any atom is -0.376 e. The van der Waals surface area contributed by atoms with E-state index in [2.05, 4.69) is 4.99 Å². The molecule has 0 saturated heterocycles. The molecule has 1 heterocycles. The first kappa shape index (κ1) is 9.41. The first-order valence-electron chi connectivity index (χ1n) is 3.65. The van der Waals surface area contributed by atoms with Gasteiger partial charge in [0.2, 0.25) is 9.84 Å². The summed E-state index contributed by atoms with van der Waals surface area (Å²) in [5.41, 5.74) is 0. The number of aliphatic imine (C=N–C) groups is 1. The Labute approximate surface area is 71.9 Å². The van der Waals surface area contributed by atoms with E-state index in [1.807, 2.05) is 6.92 Å². The van der Waals surface area contributed by atoms with E-state index < -0.39 is 9.84 Å². The summed E-state index contributed by atoms with van der Waals surface area (Å²) in [6.45, 7) is 3.92. The molecule has 1 rings (SSSR count). The maximum atomic E-state index is 11.3. The number of nitrogens with zero attached hydrogens (tertiary/aromatic N) is 1. The molecule has 0 spiro atoms. The van der Waals surface area contributed by atoms with Crippen molar-refractivity contribution >= 4 is 14.9 Å². The molecule has 0 unspecified atom stereocenters. The lowest BCUT2D eigenvalue weighted by molar-refractivity contribution is 0.175. The van der Waals surface area contributed by atoms with Gasteiger partial charge in [-0.25, -0.2) is 13.4 Å². The van der Waals surface area contributed by atoms with Crippen LogP contribution in [0.5, 0.6) is 0 Å². The molecule has 0 N–H and O–H groups in total.